The van der Waals surface area contributed by atoms with E-state index in [1.54, 1.807) is 86.6 Å². The minimum atomic E-state index is -4.20. The Morgan fingerprint density at radius 3 is 2.05 bits per heavy atom. The van der Waals surface area contributed by atoms with Gasteiger partial charge in [0.05, 0.1) is 10.6 Å². The van der Waals surface area contributed by atoms with Crippen molar-refractivity contribution >= 4 is 50.7 Å². The van der Waals surface area contributed by atoms with Crippen LogP contribution in [0.4, 0.5) is 5.69 Å². The number of likely N-dealkylation sites (N-methyl/N-ethyl adjacent to an activating group) is 1. The van der Waals surface area contributed by atoms with Crippen LogP contribution in [-0.4, -0.2) is 44.3 Å². The van der Waals surface area contributed by atoms with Crippen LogP contribution in [0, 0.1) is 0 Å². The average molecular weight is 655 g/mol. The van der Waals surface area contributed by atoms with Gasteiger partial charge in [-0.15, -0.1) is 0 Å². The lowest BCUT2D eigenvalue weighted by Crippen LogP contribution is -2.52. The molecule has 0 saturated heterocycles. The van der Waals surface area contributed by atoms with Gasteiger partial charge in [-0.05, 0) is 79.6 Å². The van der Waals surface area contributed by atoms with Gasteiger partial charge in [0.25, 0.3) is 10.0 Å². The lowest BCUT2D eigenvalue weighted by atomic mass is 10.1. The van der Waals surface area contributed by atoms with Crippen molar-refractivity contribution < 1.29 is 22.7 Å². The van der Waals surface area contributed by atoms with Crippen molar-refractivity contribution in [2.45, 2.75) is 37.8 Å². The molecule has 8 nitrogen and oxygen atoms in total. The molecule has 2 amide bonds. The summed E-state index contributed by atoms with van der Waals surface area (Å²) in [5.74, 6) is 0.174. The second-order valence-corrected chi connectivity index (χ2v) is 12.5. The van der Waals surface area contributed by atoms with Gasteiger partial charge in [0.2, 0.25) is 11.8 Å². The van der Waals surface area contributed by atoms with Crippen LogP contribution in [0.5, 0.6) is 11.5 Å². The SMILES string of the molecule is CCNC(=O)[C@H](CC)N(Cc1ccc(Cl)cc1Cl)C(=O)CN(c1ccc(Oc2ccccc2)cc1)S(=O)(=O)c1ccccc1. The second kappa shape index (κ2) is 15.1. The van der Waals surface area contributed by atoms with Crippen LogP contribution in [0.1, 0.15) is 25.8 Å². The number of hydrogen-bond donors (Lipinski definition) is 1. The molecule has 0 heterocycles. The number of carbonyl (C=O) groups is 2. The number of ether oxygens (including phenoxy) is 1. The lowest BCUT2D eigenvalue weighted by molar-refractivity contribution is -0.140. The van der Waals surface area contributed by atoms with Gasteiger partial charge in [-0.2, -0.15) is 0 Å². The highest BCUT2D eigenvalue weighted by Crippen LogP contribution is 2.29. The van der Waals surface area contributed by atoms with Gasteiger partial charge in [-0.3, -0.25) is 13.9 Å². The highest BCUT2D eigenvalue weighted by atomic mass is 35.5. The number of sulfonamides is 1. The summed E-state index contributed by atoms with van der Waals surface area (Å²) in [6.45, 7) is 3.33. The fraction of sp³-hybridized carbons (Fsp3) is 0.212. The quantitative estimate of drug-likeness (QED) is 0.169. The Bertz CT molecular complexity index is 1670. The topological polar surface area (TPSA) is 96.0 Å². The third kappa shape index (κ3) is 8.11. The van der Waals surface area contributed by atoms with Crippen molar-refractivity contribution in [3.05, 3.63) is 119 Å². The lowest BCUT2D eigenvalue weighted by Gasteiger charge is -2.33. The van der Waals surface area contributed by atoms with E-state index in [9.17, 15) is 18.0 Å². The van der Waals surface area contributed by atoms with E-state index in [-0.39, 0.29) is 23.0 Å². The van der Waals surface area contributed by atoms with Gasteiger partial charge in [0.15, 0.2) is 0 Å². The van der Waals surface area contributed by atoms with Crippen LogP contribution in [0.15, 0.2) is 108 Å². The van der Waals surface area contributed by atoms with Crippen LogP contribution in [0.25, 0.3) is 0 Å². The van der Waals surface area contributed by atoms with E-state index in [1.807, 2.05) is 18.2 Å². The fourth-order valence-electron chi connectivity index (χ4n) is 4.60. The van der Waals surface area contributed by atoms with Crippen LogP contribution < -0.4 is 14.4 Å². The standard InChI is InChI=1S/C33H33Cl2N3O5S/c1-3-31(33(40)36-4-2)37(22-24-15-16-25(34)21-30(24)35)32(39)23-38(44(41,42)29-13-9-6-10-14-29)26-17-19-28(20-18-26)43-27-11-7-5-8-12-27/h5-21,31H,3-4,22-23H2,1-2H3,(H,36,40)/t31-/m0/s1. The van der Waals surface area contributed by atoms with Crippen molar-refractivity contribution in [3.8, 4) is 11.5 Å². The highest BCUT2D eigenvalue weighted by Gasteiger charge is 2.33. The molecule has 230 valence electrons. The molecule has 4 aromatic rings. The zero-order valence-electron chi connectivity index (χ0n) is 24.3. The van der Waals surface area contributed by atoms with E-state index >= 15 is 0 Å². The molecule has 0 unspecified atom stereocenters. The first-order chi connectivity index (χ1) is 21.1. The van der Waals surface area contributed by atoms with Crippen LogP contribution in [-0.2, 0) is 26.2 Å². The predicted octanol–water partition coefficient (Wildman–Crippen LogP) is 6.92. The normalized spacial score (nSPS) is 11.8. The summed E-state index contributed by atoms with van der Waals surface area (Å²) < 4.78 is 34.9. The minimum Gasteiger partial charge on any atom is -0.457 e. The molecular weight excluding hydrogens is 621 g/mol. The average Bonchev–Trinajstić information content (AvgIpc) is 3.02. The van der Waals surface area contributed by atoms with E-state index in [1.165, 1.54) is 17.0 Å². The van der Waals surface area contributed by atoms with E-state index in [2.05, 4.69) is 5.32 Å². The van der Waals surface area contributed by atoms with Crippen molar-refractivity contribution in [2.75, 3.05) is 17.4 Å². The Kier molecular flexibility index (Phi) is 11.3. The summed E-state index contributed by atoms with van der Waals surface area (Å²) in [5.41, 5.74) is 0.810. The third-order valence-electron chi connectivity index (χ3n) is 6.81. The van der Waals surface area contributed by atoms with Crippen molar-refractivity contribution in [3.63, 3.8) is 0 Å². The number of nitrogens with zero attached hydrogens (tertiary/aromatic N) is 2. The number of carbonyl (C=O) groups excluding carboxylic acids is 2. The Morgan fingerprint density at radius 2 is 1.45 bits per heavy atom. The summed E-state index contributed by atoms with van der Waals surface area (Å²) in [4.78, 5) is 28.6. The maximum absolute atomic E-state index is 14.2. The minimum absolute atomic E-state index is 0.0143. The number of para-hydroxylation sites is 1. The molecular formula is C33H33Cl2N3O5S. The fourth-order valence-corrected chi connectivity index (χ4v) is 6.50. The zero-order valence-corrected chi connectivity index (χ0v) is 26.6. The van der Waals surface area contributed by atoms with E-state index in [0.717, 1.165) is 4.31 Å². The molecule has 0 radical (unpaired) electrons. The van der Waals surface area contributed by atoms with Crippen molar-refractivity contribution in [2.24, 2.45) is 0 Å². The Hall–Kier alpha value is -4.05. The van der Waals surface area contributed by atoms with Gasteiger partial charge in [-0.25, -0.2) is 8.42 Å². The van der Waals surface area contributed by atoms with Crippen LogP contribution in [0.3, 0.4) is 0 Å². The summed E-state index contributed by atoms with van der Waals surface area (Å²) in [6.07, 6.45) is 0.291. The van der Waals surface area contributed by atoms with Gasteiger partial charge >= 0.3 is 0 Å². The van der Waals surface area contributed by atoms with Crippen LogP contribution >= 0.6 is 23.2 Å². The number of benzene rings is 4. The van der Waals surface area contributed by atoms with Gasteiger partial charge in [0, 0.05) is 23.1 Å². The third-order valence-corrected chi connectivity index (χ3v) is 9.18. The molecule has 0 spiro atoms. The van der Waals surface area contributed by atoms with Gasteiger partial charge in [-0.1, -0.05) is 72.6 Å². The number of rotatable bonds is 13. The largest absolute Gasteiger partial charge is 0.457 e. The van der Waals surface area contributed by atoms with E-state index in [4.69, 9.17) is 27.9 Å². The van der Waals surface area contributed by atoms with Gasteiger partial charge in [0.1, 0.15) is 24.1 Å². The number of anilines is 1. The summed E-state index contributed by atoms with van der Waals surface area (Å²) >= 11 is 12.5. The summed E-state index contributed by atoms with van der Waals surface area (Å²) in [7, 11) is -4.20. The molecule has 1 N–H and O–H groups in total. The van der Waals surface area contributed by atoms with Gasteiger partial charge < -0.3 is 15.0 Å². The molecule has 0 saturated carbocycles. The molecule has 11 heteroatoms. The Balaban J connectivity index is 1.72. The van der Waals surface area contributed by atoms with Crippen molar-refractivity contribution in [1.82, 2.24) is 10.2 Å². The molecule has 0 aliphatic rings. The maximum Gasteiger partial charge on any atom is 0.264 e. The van der Waals surface area contributed by atoms with Crippen LogP contribution in [0.2, 0.25) is 10.0 Å². The Morgan fingerprint density at radius 1 is 0.841 bits per heavy atom. The van der Waals surface area contributed by atoms with Crippen molar-refractivity contribution in [1.29, 1.82) is 0 Å². The predicted molar refractivity (Wildman–Crippen MR) is 174 cm³/mol. The first-order valence-electron chi connectivity index (χ1n) is 14.1. The molecule has 4 aromatic carbocycles. The number of amides is 2. The number of nitrogens with one attached hydrogen (secondary N) is 1. The molecule has 0 aliphatic heterocycles. The smallest absolute Gasteiger partial charge is 0.264 e. The molecule has 1 atom stereocenters. The molecule has 0 fully saturated rings. The van der Waals surface area contributed by atoms with E-state index in [0.29, 0.717) is 40.1 Å². The number of hydrogen-bond acceptors (Lipinski definition) is 5. The molecule has 44 heavy (non-hydrogen) atoms. The number of halogens is 2. The van der Waals surface area contributed by atoms with E-state index < -0.39 is 28.5 Å². The first kappa shape index (κ1) is 32.9. The summed E-state index contributed by atoms with van der Waals surface area (Å²) in [6, 6.07) is 27.5. The highest BCUT2D eigenvalue weighted by molar-refractivity contribution is 7.92. The Labute approximate surface area is 268 Å². The summed E-state index contributed by atoms with van der Waals surface area (Å²) in [5, 5.41) is 3.52. The second-order valence-electron chi connectivity index (χ2n) is 9.81. The first-order valence-corrected chi connectivity index (χ1v) is 16.3. The molecule has 0 bridgehead atoms. The monoisotopic (exact) mass is 653 g/mol. The molecule has 0 aliphatic carbocycles. The zero-order chi connectivity index (χ0) is 31.7. The maximum atomic E-state index is 14.2. The molecule has 0 aromatic heterocycles. The molecule has 4 rings (SSSR count).